The number of hydrogen-bond acceptors (Lipinski definition) is 2. The predicted octanol–water partition coefficient (Wildman–Crippen LogP) is 0.690. The number of fused-ring (bicyclic) bond motifs is 2. The number of rotatable bonds is 1. The number of hydrogen-bond donors (Lipinski definition) is 1. The largest absolute Gasteiger partial charge is 0.316 e. The van der Waals surface area contributed by atoms with Crippen LogP contribution in [0.3, 0.4) is 0 Å². The standard InChI is InChI=1S/C9H18N2/c1-10-9-5-8-3-2-4-11(6-8)7-9/h8-10H,2-7H2,1H3. The molecule has 2 rings (SSSR count). The Hall–Kier alpha value is -0.0800. The molecule has 0 saturated carbocycles. The molecule has 2 fully saturated rings. The number of nitrogens with zero attached hydrogens (tertiary/aromatic N) is 1. The molecule has 2 aliphatic heterocycles. The number of piperidine rings is 2. The second kappa shape index (κ2) is 3.11. The minimum atomic E-state index is 0.772. The SMILES string of the molecule is CNC1CC2CCCN(C2)C1. The predicted molar refractivity (Wildman–Crippen MR) is 46.6 cm³/mol. The van der Waals surface area contributed by atoms with Gasteiger partial charge in [-0.2, -0.15) is 0 Å². The highest BCUT2D eigenvalue weighted by atomic mass is 15.2. The highest BCUT2D eigenvalue weighted by Gasteiger charge is 2.28. The van der Waals surface area contributed by atoms with Crippen molar-refractivity contribution in [3.8, 4) is 0 Å². The average Bonchev–Trinajstić information content (AvgIpc) is 2.03. The van der Waals surface area contributed by atoms with Gasteiger partial charge in [-0.25, -0.2) is 0 Å². The van der Waals surface area contributed by atoms with Gasteiger partial charge in [0.2, 0.25) is 0 Å². The van der Waals surface area contributed by atoms with Gasteiger partial charge in [0.25, 0.3) is 0 Å². The molecule has 0 aromatic heterocycles. The molecule has 0 aromatic carbocycles. The van der Waals surface area contributed by atoms with E-state index in [1.54, 1.807) is 0 Å². The Labute approximate surface area is 69.0 Å². The molecular formula is C9H18N2. The topological polar surface area (TPSA) is 15.3 Å². The van der Waals surface area contributed by atoms with E-state index in [4.69, 9.17) is 0 Å². The zero-order valence-corrected chi connectivity index (χ0v) is 7.34. The lowest BCUT2D eigenvalue weighted by Crippen LogP contribution is -2.50. The molecule has 0 amide bonds. The van der Waals surface area contributed by atoms with Gasteiger partial charge in [-0.05, 0) is 38.8 Å². The molecule has 0 spiro atoms. The van der Waals surface area contributed by atoms with Crippen LogP contribution in [0.2, 0.25) is 0 Å². The van der Waals surface area contributed by atoms with Gasteiger partial charge in [0.15, 0.2) is 0 Å². The minimum Gasteiger partial charge on any atom is -0.316 e. The first-order valence-corrected chi connectivity index (χ1v) is 4.78. The molecule has 2 heteroatoms. The highest BCUT2D eigenvalue weighted by molar-refractivity contribution is 4.85. The lowest BCUT2D eigenvalue weighted by atomic mass is 9.87. The second-order valence-corrected chi connectivity index (χ2v) is 3.99. The third kappa shape index (κ3) is 1.57. The Kier molecular flexibility index (Phi) is 2.14. The lowest BCUT2D eigenvalue weighted by molar-refractivity contribution is 0.100. The maximum atomic E-state index is 3.39. The Bertz CT molecular complexity index is 124. The molecule has 11 heavy (non-hydrogen) atoms. The first-order chi connectivity index (χ1) is 5.38. The Morgan fingerprint density at radius 2 is 2.27 bits per heavy atom. The normalized spacial score (nSPS) is 43.9. The second-order valence-electron chi connectivity index (χ2n) is 3.99. The van der Waals surface area contributed by atoms with Crippen molar-refractivity contribution in [1.82, 2.24) is 10.2 Å². The third-order valence-electron chi connectivity index (χ3n) is 3.11. The fourth-order valence-corrected chi connectivity index (χ4v) is 2.51. The van der Waals surface area contributed by atoms with Gasteiger partial charge < -0.3 is 10.2 Å². The first kappa shape index (κ1) is 7.56. The van der Waals surface area contributed by atoms with Crippen LogP contribution in [0.4, 0.5) is 0 Å². The highest BCUT2D eigenvalue weighted by Crippen LogP contribution is 2.25. The number of likely N-dealkylation sites (N-methyl/N-ethyl adjacent to an activating group) is 1. The van der Waals surface area contributed by atoms with Gasteiger partial charge in [-0.1, -0.05) is 0 Å². The van der Waals surface area contributed by atoms with E-state index < -0.39 is 0 Å². The van der Waals surface area contributed by atoms with Crippen LogP contribution >= 0.6 is 0 Å². The summed E-state index contributed by atoms with van der Waals surface area (Å²) < 4.78 is 0. The third-order valence-corrected chi connectivity index (χ3v) is 3.11. The van der Waals surface area contributed by atoms with Gasteiger partial charge in [-0.3, -0.25) is 0 Å². The minimum absolute atomic E-state index is 0.772. The smallest absolute Gasteiger partial charge is 0.0195 e. The van der Waals surface area contributed by atoms with Crippen LogP contribution in [0.5, 0.6) is 0 Å². The zero-order valence-electron chi connectivity index (χ0n) is 7.34. The summed E-state index contributed by atoms with van der Waals surface area (Å²) in [5, 5.41) is 3.39. The maximum Gasteiger partial charge on any atom is 0.0195 e. The molecule has 2 bridgehead atoms. The molecule has 0 aliphatic carbocycles. The van der Waals surface area contributed by atoms with Crippen molar-refractivity contribution in [3.05, 3.63) is 0 Å². The van der Waals surface area contributed by atoms with Crippen LogP contribution in [0.1, 0.15) is 19.3 Å². The summed E-state index contributed by atoms with van der Waals surface area (Å²) in [5.74, 6) is 0.995. The van der Waals surface area contributed by atoms with E-state index >= 15 is 0 Å². The Morgan fingerprint density at radius 1 is 1.36 bits per heavy atom. The zero-order chi connectivity index (χ0) is 7.68. The van der Waals surface area contributed by atoms with E-state index in [1.807, 2.05) is 0 Å². The van der Waals surface area contributed by atoms with Crippen molar-refractivity contribution in [2.45, 2.75) is 25.3 Å². The van der Waals surface area contributed by atoms with E-state index in [-0.39, 0.29) is 0 Å². The van der Waals surface area contributed by atoms with Gasteiger partial charge in [0.1, 0.15) is 0 Å². The van der Waals surface area contributed by atoms with Crippen LogP contribution in [0, 0.1) is 5.92 Å². The summed E-state index contributed by atoms with van der Waals surface area (Å²) >= 11 is 0. The molecule has 2 saturated heterocycles. The molecular weight excluding hydrogens is 136 g/mol. The molecule has 2 heterocycles. The van der Waals surface area contributed by atoms with Gasteiger partial charge in [0, 0.05) is 19.1 Å². The van der Waals surface area contributed by atoms with Gasteiger partial charge >= 0.3 is 0 Å². The quantitative estimate of drug-likeness (QED) is 0.598. The molecule has 0 aromatic rings. The Morgan fingerprint density at radius 3 is 3.00 bits per heavy atom. The van der Waals surface area contributed by atoms with Crippen molar-refractivity contribution in [2.24, 2.45) is 5.92 Å². The molecule has 3 unspecified atom stereocenters. The fourth-order valence-electron chi connectivity index (χ4n) is 2.51. The lowest BCUT2D eigenvalue weighted by Gasteiger charge is -2.41. The van der Waals surface area contributed by atoms with Crippen molar-refractivity contribution >= 4 is 0 Å². The summed E-state index contributed by atoms with van der Waals surface area (Å²) in [7, 11) is 2.09. The monoisotopic (exact) mass is 154 g/mol. The summed E-state index contributed by atoms with van der Waals surface area (Å²) in [4.78, 5) is 2.61. The van der Waals surface area contributed by atoms with E-state index in [0.717, 1.165) is 12.0 Å². The first-order valence-electron chi connectivity index (χ1n) is 4.78. The summed E-state index contributed by atoms with van der Waals surface area (Å²) in [6.07, 6.45) is 4.31. The van der Waals surface area contributed by atoms with E-state index in [1.165, 1.54) is 38.9 Å². The van der Waals surface area contributed by atoms with Gasteiger partial charge in [0.05, 0.1) is 0 Å². The van der Waals surface area contributed by atoms with E-state index in [0.29, 0.717) is 0 Å². The maximum absolute atomic E-state index is 3.39. The van der Waals surface area contributed by atoms with Crippen LogP contribution in [-0.2, 0) is 0 Å². The van der Waals surface area contributed by atoms with Crippen LogP contribution in [-0.4, -0.2) is 37.6 Å². The fraction of sp³-hybridized carbons (Fsp3) is 1.00. The van der Waals surface area contributed by atoms with Crippen LogP contribution in [0.25, 0.3) is 0 Å². The van der Waals surface area contributed by atoms with E-state index in [2.05, 4.69) is 17.3 Å². The summed E-state index contributed by atoms with van der Waals surface area (Å²) in [6, 6.07) is 0.772. The molecule has 3 atom stereocenters. The summed E-state index contributed by atoms with van der Waals surface area (Å²) in [6.45, 7) is 4.00. The van der Waals surface area contributed by atoms with Crippen LogP contribution in [0.15, 0.2) is 0 Å². The molecule has 2 aliphatic rings. The molecule has 1 N–H and O–H groups in total. The van der Waals surface area contributed by atoms with Crippen molar-refractivity contribution in [2.75, 3.05) is 26.7 Å². The molecule has 0 radical (unpaired) electrons. The van der Waals surface area contributed by atoms with Crippen molar-refractivity contribution < 1.29 is 0 Å². The summed E-state index contributed by atoms with van der Waals surface area (Å²) in [5.41, 5.74) is 0. The molecule has 64 valence electrons. The Balaban J connectivity index is 1.94. The number of nitrogens with one attached hydrogen (secondary N) is 1. The average molecular weight is 154 g/mol. The van der Waals surface area contributed by atoms with Crippen LogP contribution < -0.4 is 5.32 Å². The van der Waals surface area contributed by atoms with Crippen molar-refractivity contribution in [3.63, 3.8) is 0 Å². The van der Waals surface area contributed by atoms with E-state index in [9.17, 15) is 0 Å². The van der Waals surface area contributed by atoms with Crippen molar-refractivity contribution in [1.29, 1.82) is 0 Å². The van der Waals surface area contributed by atoms with Gasteiger partial charge in [-0.15, -0.1) is 0 Å². The molecule has 2 nitrogen and oxygen atoms in total.